The molecule has 1 aliphatic carbocycles. The van der Waals surface area contributed by atoms with Crippen LogP contribution in [0, 0.1) is 12.3 Å². The molecule has 5 heteroatoms. The summed E-state index contributed by atoms with van der Waals surface area (Å²) in [4.78, 5) is 8.50. The predicted octanol–water partition coefficient (Wildman–Crippen LogP) is 2.06. The highest BCUT2D eigenvalue weighted by Crippen LogP contribution is 2.38. The van der Waals surface area contributed by atoms with Gasteiger partial charge in [-0.05, 0) is 25.2 Å². The Balaban J connectivity index is 2.15. The zero-order valence-corrected chi connectivity index (χ0v) is 10.7. The molecule has 0 aromatic carbocycles. The summed E-state index contributed by atoms with van der Waals surface area (Å²) >= 11 is 0. The molecule has 2 rings (SSSR count). The minimum atomic E-state index is 0.329. The van der Waals surface area contributed by atoms with Crippen LogP contribution in [0.1, 0.15) is 38.8 Å². The van der Waals surface area contributed by atoms with Crippen molar-refractivity contribution in [3.8, 4) is 0 Å². The number of nitrogens with one attached hydrogen (secondary N) is 2. The lowest BCUT2D eigenvalue weighted by molar-refractivity contribution is 0.349. The Labute approximate surface area is 102 Å². The zero-order chi connectivity index (χ0) is 12.5. The maximum absolute atomic E-state index is 5.35. The number of nitrogen functional groups attached to an aromatic ring is 1. The topological polar surface area (TPSA) is 75.9 Å². The monoisotopic (exact) mass is 235 g/mol. The summed E-state index contributed by atoms with van der Waals surface area (Å²) < 4.78 is 0. The van der Waals surface area contributed by atoms with E-state index in [1.165, 1.54) is 19.3 Å². The van der Waals surface area contributed by atoms with Crippen molar-refractivity contribution in [1.82, 2.24) is 9.97 Å². The van der Waals surface area contributed by atoms with Crippen molar-refractivity contribution in [1.29, 1.82) is 0 Å². The van der Waals surface area contributed by atoms with Gasteiger partial charge in [-0.25, -0.2) is 10.8 Å². The van der Waals surface area contributed by atoms with Crippen LogP contribution in [0.2, 0.25) is 0 Å². The van der Waals surface area contributed by atoms with Crippen LogP contribution in [0.3, 0.4) is 0 Å². The molecule has 0 aliphatic heterocycles. The zero-order valence-electron chi connectivity index (χ0n) is 10.7. The average molecular weight is 235 g/mol. The summed E-state index contributed by atoms with van der Waals surface area (Å²) in [6, 6.07) is 2.43. The van der Waals surface area contributed by atoms with Crippen LogP contribution in [0.5, 0.6) is 0 Å². The molecule has 17 heavy (non-hydrogen) atoms. The van der Waals surface area contributed by atoms with E-state index in [0.717, 1.165) is 11.5 Å². The van der Waals surface area contributed by atoms with Gasteiger partial charge >= 0.3 is 0 Å². The van der Waals surface area contributed by atoms with E-state index in [1.54, 1.807) is 0 Å². The van der Waals surface area contributed by atoms with Crippen molar-refractivity contribution in [2.75, 3.05) is 10.7 Å². The Morgan fingerprint density at radius 1 is 1.41 bits per heavy atom. The van der Waals surface area contributed by atoms with E-state index >= 15 is 0 Å². The van der Waals surface area contributed by atoms with Gasteiger partial charge in [0.2, 0.25) is 5.95 Å². The van der Waals surface area contributed by atoms with Gasteiger partial charge in [-0.2, -0.15) is 4.98 Å². The standard InChI is InChI=1S/C12H21N5/c1-8-7-10(16-11(14-8)17-13)15-9-5-4-6-12(9,2)3/h7,9H,4-6,13H2,1-3H3,(H2,14,15,16,17). The summed E-state index contributed by atoms with van der Waals surface area (Å²) in [5.74, 6) is 6.66. The van der Waals surface area contributed by atoms with Crippen molar-refractivity contribution < 1.29 is 0 Å². The molecule has 0 spiro atoms. The highest BCUT2D eigenvalue weighted by Gasteiger charge is 2.34. The van der Waals surface area contributed by atoms with Crippen LogP contribution in [0.4, 0.5) is 11.8 Å². The Bertz CT molecular complexity index is 402. The second-order valence-corrected chi connectivity index (χ2v) is 5.44. The largest absolute Gasteiger partial charge is 0.367 e. The van der Waals surface area contributed by atoms with Crippen LogP contribution in [-0.4, -0.2) is 16.0 Å². The second-order valence-electron chi connectivity index (χ2n) is 5.44. The molecular weight excluding hydrogens is 214 g/mol. The number of aryl methyl sites for hydroxylation is 1. The van der Waals surface area contributed by atoms with Gasteiger partial charge in [-0.1, -0.05) is 20.3 Å². The van der Waals surface area contributed by atoms with Gasteiger partial charge in [0, 0.05) is 17.8 Å². The van der Waals surface area contributed by atoms with E-state index in [9.17, 15) is 0 Å². The number of hydrazine groups is 1. The molecule has 4 N–H and O–H groups in total. The first-order chi connectivity index (χ1) is 8.01. The molecule has 0 amide bonds. The van der Waals surface area contributed by atoms with Crippen molar-refractivity contribution in [3.05, 3.63) is 11.8 Å². The summed E-state index contributed by atoms with van der Waals surface area (Å²) in [6.07, 6.45) is 3.73. The molecular formula is C12H21N5. The third-order valence-electron chi connectivity index (χ3n) is 3.56. The van der Waals surface area contributed by atoms with Crippen molar-refractivity contribution in [2.24, 2.45) is 11.3 Å². The van der Waals surface area contributed by atoms with Crippen molar-refractivity contribution in [2.45, 2.75) is 46.1 Å². The van der Waals surface area contributed by atoms with Crippen molar-refractivity contribution in [3.63, 3.8) is 0 Å². The number of aromatic nitrogens is 2. The third-order valence-corrected chi connectivity index (χ3v) is 3.56. The van der Waals surface area contributed by atoms with E-state index in [0.29, 0.717) is 17.4 Å². The van der Waals surface area contributed by atoms with Crippen LogP contribution in [0.15, 0.2) is 6.07 Å². The molecule has 1 aliphatic rings. The highest BCUT2D eigenvalue weighted by atomic mass is 15.3. The molecule has 1 atom stereocenters. The predicted molar refractivity (Wildman–Crippen MR) is 69.6 cm³/mol. The van der Waals surface area contributed by atoms with Gasteiger partial charge in [0.1, 0.15) is 5.82 Å². The Morgan fingerprint density at radius 2 is 2.18 bits per heavy atom. The lowest BCUT2D eigenvalue weighted by Gasteiger charge is -2.28. The molecule has 1 heterocycles. The molecule has 94 valence electrons. The molecule has 1 unspecified atom stereocenters. The third kappa shape index (κ3) is 2.66. The van der Waals surface area contributed by atoms with Gasteiger partial charge in [0.25, 0.3) is 0 Å². The molecule has 1 aromatic heterocycles. The SMILES string of the molecule is Cc1cc(NC2CCCC2(C)C)nc(NN)n1. The van der Waals surface area contributed by atoms with E-state index in [2.05, 4.69) is 34.6 Å². The number of hydrogen-bond acceptors (Lipinski definition) is 5. The minimum Gasteiger partial charge on any atom is -0.367 e. The molecule has 0 radical (unpaired) electrons. The van der Waals surface area contributed by atoms with Crippen LogP contribution in [0.25, 0.3) is 0 Å². The highest BCUT2D eigenvalue weighted by molar-refractivity contribution is 5.43. The molecule has 1 fully saturated rings. The second kappa shape index (κ2) is 4.49. The van der Waals surface area contributed by atoms with Gasteiger partial charge in [-0.15, -0.1) is 0 Å². The lowest BCUT2D eigenvalue weighted by Crippen LogP contribution is -2.31. The van der Waals surface area contributed by atoms with E-state index < -0.39 is 0 Å². The fourth-order valence-corrected chi connectivity index (χ4v) is 2.48. The molecule has 1 aromatic rings. The summed E-state index contributed by atoms with van der Waals surface area (Å²) in [7, 11) is 0. The number of anilines is 2. The van der Waals surface area contributed by atoms with Crippen molar-refractivity contribution >= 4 is 11.8 Å². The van der Waals surface area contributed by atoms with E-state index in [4.69, 9.17) is 5.84 Å². The van der Waals surface area contributed by atoms with Gasteiger partial charge < -0.3 is 5.32 Å². The maximum atomic E-state index is 5.35. The molecule has 5 nitrogen and oxygen atoms in total. The minimum absolute atomic E-state index is 0.329. The average Bonchev–Trinajstić information content (AvgIpc) is 2.57. The number of nitrogens with zero attached hydrogens (tertiary/aromatic N) is 2. The quantitative estimate of drug-likeness (QED) is 0.552. The molecule has 1 saturated carbocycles. The van der Waals surface area contributed by atoms with Crippen LogP contribution in [-0.2, 0) is 0 Å². The van der Waals surface area contributed by atoms with E-state index in [1.807, 2.05) is 13.0 Å². The van der Waals surface area contributed by atoms with E-state index in [-0.39, 0.29) is 0 Å². The fourth-order valence-electron chi connectivity index (χ4n) is 2.48. The number of rotatable bonds is 3. The smallest absolute Gasteiger partial charge is 0.239 e. The first-order valence-electron chi connectivity index (χ1n) is 6.10. The van der Waals surface area contributed by atoms with Crippen LogP contribution < -0.4 is 16.6 Å². The lowest BCUT2D eigenvalue weighted by atomic mass is 9.87. The maximum Gasteiger partial charge on any atom is 0.239 e. The number of nitrogens with two attached hydrogens (primary N) is 1. The Kier molecular flexibility index (Phi) is 3.19. The first kappa shape index (κ1) is 12.1. The van der Waals surface area contributed by atoms with Gasteiger partial charge in [0.15, 0.2) is 0 Å². The summed E-state index contributed by atoms with van der Waals surface area (Å²) in [6.45, 7) is 6.54. The van der Waals surface area contributed by atoms with Gasteiger partial charge in [-0.3, -0.25) is 5.43 Å². The fraction of sp³-hybridized carbons (Fsp3) is 0.667. The summed E-state index contributed by atoms with van der Waals surface area (Å²) in [5.41, 5.74) is 3.73. The Hall–Kier alpha value is -1.36. The molecule has 0 bridgehead atoms. The summed E-state index contributed by atoms with van der Waals surface area (Å²) in [5, 5.41) is 3.50. The Morgan fingerprint density at radius 3 is 2.76 bits per heavy atom. The van der Waals surface area contributed by atoms with Gasteiger partial charge in [0.05, 0.1) is 0 Å². The van der Waals surface area contributed by atoms with Crippen LogP contribution >= 0.6 is 0 Å². The number of hydrogen-bond donors (Lipinski definition) is 3. The normalized spacial score (nSPS) is 22.5. The first-order valence-corrected chi connectivity index (χ1v) is 6.10. The molecule has 0 saturated heterocycles.